The van der Waals surface area contributed by atoms with E-state index in [1.165, 1.54) is 0 Å². The molecular formula is C19H18N6O. The lowest BCUT2D eigenvalue weighted by molar-refractivity contribution is 0.0946. The second-order valence-electron chi connectivity index (χ2n) is 6.04. The molecule has 0 aliphatic heterocycles. The number of nitrogens with zero attached hydrogens (tertiary/aromatic N) is 3. The van der Waals surface area contributed by atoms with E-state index in [9.17, 15) is 4.79 Å². The number of carbonyl (C=O) groups excluding carboxylic acids is 1. The topological polar surface area (TPSA) is 101 Å². The minimum atomic E-state index is -0.268. The van der Waals surface area contributed by atoms with E-state index >= 15 is 0 Å². The number of fused-ring (bicyclic) bond motifs is 1. The maximum Gasteiger partial charge on any atom is 0.270 e. The summed E-state index contributed by atoms with van der Waals surface area (Å²) in [5, 5.41) is 9.64. The fourth-order valence-electron chi connectivity index (χ4n) is 3.01. The zero-order valence-corrected chi connectivity index (χ0v) is 14.2. The predicted molar refractivity (Wildman–Crippen MR) is 99.5 cm³/mol. The van der Waals surface area contributed by atoms with Crippen LogP contribution in [0, 0.1) is 6.92 Å². The Balaban J connectivity index is 1.59. The van der Waals surface area contributed by atoms with Crippen LogP contribution in [0.4, 0.5) is 5.82 Å². The van der Waals surface area contributed by atoms with Gasteiger partial charge in [0.15, 0.2) is 5.82 Å². The van der Waals surface area contributed by atoms with Crippen molar-refractivity contribution in [2.45, 2.75) is 13.5 Å². The first kappa shape index (κ1) is 15.9. The Hall–Kier alpha value is -3.61. The summed E-state index contributed by atoms with van der Waals surface area (Å²) < 4.78 is 1.97. The molecule has 1 aromatic carbocycles. The molecule has 0 saturated carbocycles. The van der Waals surface area contributed by atoms with Gasteiger partial charge in [0.1, 0.15) is 11.3 Å². The normalized spacial score (nSPS) is 11.0. The minimum Gasteiger partial charge on any atom is -0.382 e. The van der Waals surface area contributed by atoms with Crippen LogP contribution in [0.5, 0.6) is 0 Å². The summed E-state index contributed by atoms with van der Waals surface area (Å²) in [6.45, 7) is 2.35. The van der Waals surface area contributed by atoms with Gasteiger partial charge < -0.3 is 15.5 Å². The average Bonchev–Trinajstić information content (AvgIpc) is 3.25. The molecule has 7 heteroatoms. The summed E-state index contributed by atoms with van der Waals surface area (Å²) in [6.07, 6.45) is 3.70. The van der Waals surface area contributed by atoms with Crippen molar-refractivity contribution in [3.8, 4) is 11.1 Å². The highest BCUT2D eigenvalue weighted by Crippen LogP contribution is 2.27. The van der Waals surface area contributed by atoms with Gasteiger partial charge in [-0.1, -0.05) is 36.4 Å². The number of nitrogens with two attached hydrogens (primary N) is 1. The van der Waals surface area contributed by atoms with Crippen LogP contribution in [0.25, 0.3) is 16.8 Å². The fraction of sp³-hybridized carbons (Fsp3) is 0.105. The van der Waals surface area contributed by atoms with E-state index in [-0.39, 0.29) is 5.91 Å². The number of aryl methyl sites for hydroxylation is 1. The first-order chi connectivity index (χ1) is 12.6. The van der Waals surface area contributed by atoms with Crippen molar-refractivity contribution in [2.75, 3.05) is 5.73 Å². The Morgan fingerprint density at radius 2 is 2.04 bits per heavy atom. The van der Waals surface area contributed by atoms with Crippen molar-refractivity contribution < 1.29 is 4.79 Å². The van der Waals surface area contributed by atoms with E-state index in [0.29, 0.717) is 23.6 Å². The number of H-pyrrole nitrogens is 1. The highest BCUT2D eigenvalue weighted by Gasteiger charge is 2.19. The number of nitrogen functional groups attached to an aromatic ring is 1. The Labute approximate surface area is 149 Å². The molecule has 0 radical (unpaired) electrons. The van der Waals surface area contributed by atoms with Crippen molar-refractivity contribution >= 4 is 17.4 Å². The second-order valence-corrected chi connectivity index (χ2v) is 6.04. The van der Waals surface area contributed by atoms with Crippen LogP contribution < -0.4 is 11.1 Å². The highest BCUT2D eigenvalue weighted by molar-refractivity contribution is 6.01. The second kappa shape index (κ2) is 6.36. The molecule has 0 aliphatic rings. The number of aromatic nitrogens is 4. The van der Waals surface area contributed by atoms with Crippen LogP contribution in [0.3, 0.4) is 0 Å². The largest absolute Gasteiger partial charge is 0.382 e. The molecule has 0 aliphatic carbocycles. The zero-order chi connectivity index (χ0) is 18.1. The lowest BCUT2D eigenvalue weighted by atomic mass is 10.1. The maximum atomic E-state index is 12.7. The zero-order valence-electron chi connectivity index (χ0n) is 14.2. The smallest absolute Gasteiger partial charge is 0.270 e. The number of pyridine rings is 1. The summed E-state index contributed by atoms with van der Waals surface area (Å²) in [7, 11) is 0. The molecule has 0 saturated heterocycles. The van der Waals surface area contributed by atoms with Gasteiger partial charge >= 0.3 is 0 Å². The van der Waals surface area contributed by atoms with Gasteiger partial charge in [0, 0.05) is 6.20 Å². The van der Waals surface area contributed by atoms with Crippen molar-refractivity contribution in [1.82, 2.24) is 24.9 Å². The van der Waals surface area contributed by atoms with Crippen molar-refractivity contribution in [3.05, 3.63) is 71.8 Å². The maximum absolute atomic E-state index is 12.7. The third-order valence-electron chi connectivity index (χ3n) is 4.32. The first-order valence-corrected chi connectivity index (χ1v) is 8.24. The number of anilines is 1. The number of amides is 1. The van der Waals surface area contributed by atoms with Gasteiger partial charge in [-0.25, -0.2) is 4.98 Å². The molecular weight excluding hydrogens is 328 g/mol. The number of benzene rings is 1. The Bertz CT molecular complexity index is 1080. The molecule has 7 nitrogen and oxygen atoms in total. The molecule has 0 atom stereocenters. The van der Waals surface area contributed by atoms with Gasteiger partial charge in [-0.15, -0.1) is 0 Å². The lowest BCUT2D eigenvalue weighted by Gasteiger charge is -2.07. The molecule has 0 fully saturated rings. The van der Waals surface area contributed by atoms with Crippen molar-refractivity contribution in [3.63, 3.8) is 0 Å². The molecule has 4 aromatic rings. The Morgan fingerprint density at radius 3 is 2.85 bits per heavy atom. The van der Waals surface area contributed by atoms with Crippen LogP contribution in [0.15, 0.2) is 54.9 Å². The summed E-state index contributed by atoms with van der Waals surface area (Å²) in [6, 6.07) is 13.4. The van der Waals surface area contributed by atoms with Crippen LogP contribution in [0.1, 0.15) is 21.7 Å². The van der Waals surface area contributed by atoms with E-state index in [1.807, 2.05) is 60.0 Å². The molecule has 1 amide bonds. The summed E-state index contributed by atoms with van der Waals surface area (Å²) >= 11 is 0. The molecule has 0 unspecified atom stereocenters. The Kier molecular flexibility index (Phi) is 3.89. The molecule has 4 rings (SSSR count). The number of hydrogen-bond acceptors (Lipinski definition) is 4. The SMILES string of the molecule is Cc1cccn2c(CNC(=O)c3[nH]nc(N)c3-c3ccccc3)cnc12. The van der Waals surface area contributed by atoms with Gasteiger partial charge in [0.05, 0.1) is 24.0 Å². The minimum absolute atomic E-state index is 0.268. The van der Waals surface area contributed by atoms with Crippen molar-refractivity contribution in [1.29, 1.82) is 0 Å². The van der Waals surface area contributed by atoms with E-state index in [2.05, 4.69) is 20.5 Å². The van der Waals surface area contributed by atoms with Crippen LogP contribution in [-0.2, 0) is 6.54 Å². The van der Waals surface area contributed by atoms with E-state index in [0.717, 1.165) is 22.5 Å². The quantitative estimate of drug-likeness (QED) is 0.528. The first-order valence-electron chi connectivity index (χ1n) is 8.24. The molecule has 3 heterocycles. The third kappa shape index (κ3) is 2.69. The average molecular weight is 346 g/mol. The van der Waals surface area contributed by atoms with Gasteiger partial charge in [0.25, 0.3) is 5.91 Å². The monoisotopic (exact) mass is 346 g/mol. The van der Waals surface area contributed by atoms with Crippen LogP contribution in [-0.4, -0.2) is 25.5 Å². The standard InChI is InChI=1S/C19H18N6O/c1-12-6-5-9-25-14(10-21-18(12)25)11-22-19(26)16-15(17(20)24-23-16)13-7-3-2-4-8-13/h2-10H,11H2,1H3,(H,22,26)(H3,20,23,24). The fourth-order valence-corrected chi connectivity index (χ4v) is 3.01. The van der Waals surface area contributed by atoms with Gasteiger partial charge in [0.2, 0.25) is 0 Å². The van der Waals surface area contributed by atoms with E-state index in [4.69, 9.17) is 5.73 Å². The number of carbonyl (C=O) groups is 1. The molecule has 3 aromatic heterocycles. The van der Waals surface area contributed by atoms with E-state index in [1.54, 1.807) is 6.20 Å². The van der Waals surface area contributed by atoms with Crippen LogP contribution >= 0.6 is 0 Å². The molecule has 26 heavy (non-hydrogen) atoms. The number of nitrogens with one attached hydrogen (secondary N) is 2. The Morgan fingerprint density at radius 1 is 1.23 bits per heavy atom. The summed E-state index contributed by atoms with van der Waals surface area (Å²) in [5.41, 5.74) is 10.6. The third-order valence-corrected chi connectivity index (χ3v) is 4.32. The number of rotatable bonds is 4. The predicted octanol–water partition coefficient (Wildman–Crippen LogP) is 2.55. The van der Waals surface area contributed by atoms with Gasteiger partial charge in [-0.2, -0.15) is 5.10 Å². The lowest BCUT2D eigenvalue weighted by Crippen LogP contribution is -2.24. The van der Waals surface area contributed by atoms with Gasteiger partial charge in [-0.05, 0) is 24.1 Å². The summed E-state index contributed by atoms with van der Waals surface area (Å²) in [4.78, 5) is 17.1. The van der Waals surface area contributed by atoms with Crippen LogP contribution in [0.2, 0.25) is 0 Å². The number of imidazole rings is 1. The highest BCUT2D eigenvalue weighted by atomic mass is 16.1. The van der Waals surface area contributed by atoms with Gasteiger partial charge in [-0.3, -0.25) is 9.89 Å². The number of hydrogen-bond donors (Lipinski definition) is 3. The molecule has 0 bridgehead atoms. The van der Waals surface area contributed by atoms with E-state index < -0.39 is 0 Å². The number of aromatic amines is 1. The van der Waals surface area contributed by atoms with Crippen molar-refractivity contribution in [2.24, 2.45) is 0 Å². The molecule has 130 valence electrons. The molecule has 0 spiro atoms. The molecule has 4 N–H and O–H groups in total. The summed E-state index contributed by atoms with van der Waals surface area (Å²) in [5.74, 6) is 0.0300.